The molecule has 1 saturated carbocycles. The molecule has 118 valence electrons. The van der Waals surface area contributed by atoms with E-state index < -0.39 is 11.5 Å². The lowest BCUT2D eigenvalue weighted by Crippen LogP contribution is -2.52. The maximum atomic E-state index is 11.7. The Balaban J connectivity index is 1.95. The third-order valence-electron chi connectivity index (χ3n) is 4.34. The number of nitrogens with one attached hydrogen (secondary N) is 1. The summed E-state index contributed by atoms with van der Waals surface area (Å²) in [6, 6.07) is 0.403. The lowest BCUT2D eigenvalue weighted by molar-refractivity contribution is -0.145. The third kappa shape index (κ3) is 3.84. The quantitative estimate of drug-likeness (QED) is 0.734. The van der Waals surface area contributed by atoms with Crippen molar-refractivity contribution in [3.8, 4) is 0 Å². The minimum Gasteiger partial charge on any atom is -0.480 e. The van der Waals surface area contributed by atoms with Gasteiger partial charge in [0.2, 0.25) is 0 Å². The topological polar surface area (TPSA) is 67.2 Å². The molecular formula is C16H27N3O2. The number of aromatic nitrogens is 2. The fourth-order valence-corrected chi connectivity index (χ4v) is 2.85. The number of hydrogen-bond acceptors (Lipinski definition) is 3. The molecule has 1 aliphatic carbocycles. The van der Waals surface area contributed by atoms with E-state index in [1.54, 1.807) is 0 Å². The van der Waals surface area contributed by atoms with E-state index in [1.165, 1.54) is 0 Å². The van der Waals surface area contributed by atoms with E-state index in [-0.39, 0.29) is 0 Å². The molecule has 0 spiro atoms. The van der Waals surface area contributed by atoms with Gasteiger partial charge in [-0.15, -0.1) is 0 Å². The van der Waals surface area contributed by atoms with Gasteiger partial charge in [-0.2, -0.15) is 0 Å². The first-order valence-corrected chi connectivity index (χ1v) is 8.00. The molecule has 0 bridgehead atoms. The molecule has 1 aliphatic rings. The fourth-order valence-electron chi connectivity index (χ4n) is 2.85. The van der Waals surface area contributed by atoms with E-state index in [0.717, 1.165) is 31.6 Å². The van der Waals surface area contributed by atoms with Gasteiger partial charge in [-0.25, -0.2) is 4.98 Å². The number of carboxylic acids is 1. The van der Waals surface area contributed by atoms with Crippen molar-refractivity contribution in [2.24, 2.45) is 0 Å². The molecule has 0 amide bonds. The number of aryl methyl sites for hydroxylation is 1. The van der Waals surface area contributed by atoms with E-state index in [4.69, 9.17) is 0 Å². The number of imidazole rings is 1. The van der Waals surface area contributed by atoms with Crippen LogP contribution in [-0.2, 0) is 11.3 Å². The third-order valence-corrected chi connectivity index (χ3v) is 4.34. The standard InChI is InChI=1S/C16H27N3O2/c1-4-16(15(20)21,18-13-6-7-13)8-5-10-19-11-9-17-14(19)12(2)3/h9,11-13,18H,4-8,10H2,1-3H3,(H,20,21). The van der Waals surface area contributed by atoms with Gasteiger partial charge in [-0.1, -0.05) is 20.8 Å². The van der Waals surface area contributed by atoms with Gasteiger partial charge in [0.1, 0.15) is 11.4 Å². The first-order chi connectivity index (χ1) is 9.98. The average Bonchev–Trinajstić information content (AvgIpc) is 3.11. The SMILES string of the molecule is CCC(CCCn1ccnc1C(C)C)(NC1CC1)C(=O)O. The highest BCUT2D eigenvalue weighted by Crippen LogP contribution is 2.27. The highest BCUT2D eigenvalue weighted by Gasteiger charge is 2.40. The smallest absolute Gasteiger partial charge is 0.323 e. The largest absolute Gasteiger partial charge is 0.480 e. The zero-order chi connectivity index (χ0) is 15.5. The Morgan fingerprint density at radius 2 is 2.29 bits per heavy atom. The van der Waals surface area contributed by atoms with Crippen LogP contribution >= 0.6 is 0 Å². The van der Waals surface area contributed by atoms with E-state index in [2.05, 4.69) is 28.7 Å². The van der Waals surface area contributed by atoms with E-state index in [9.17, 15) is 9.90 Å². The molecule has 1 aromatic rings. The molecule has 1 atom stereocenters. The number of carboxylic acid groups (broad SMARTS) is 1. The van der Waals surface area contributed by atoms with Gasteiger partial charge in [0.15, 0.2) is 0 Å². The molecule has 5 heteroatoms. The predicted molar refractivity (Wildman–Crippen MR) is 82.4 cm³/mol. The second-order valence-corrected chi connectivity index (χ2v) is 6.40. The van der Waals surface area contributed by atoms with Crippen molar-refractivity contribution >= 4 is 5.97 Å². The van der Waals surface area contributed by atoms with Crippen LogP contribution in [0.25, 0.3) is 0 Å². The van der Waals surface area contributed by atoms with Crippen LogP contribution < -0.4 is 5.32 Å². The Bertz CT molecular complexity index is 480. The van der Waals surface area contributed by atoms with Gasteiger partial charge in [0.25, 0.3) is 0 Å². The summed E-state index contributed by atoms with van der Waals surface area (Å²) in [6.07, 6.45) is 8.14. The van der Waals surface area contributed by atoms with Gasteiger partial charge in [0, 0.05) is 30.9 Å². The van der Waals surface area contributed by atoms with Crippen LogP contribution in [0.5, 0.6) is 0 Å². The van der Waals surface area contributed by atoms with Crippen LogP contribution in [0.4, 0.5) is 0 Å². The van der Waals surface area contributed by atoms with Crippen LogP contribution in [-0.4, -0.2) is 32.2 Å². The number of aliphatic carboxylic acids is 1. The van der Waals surface area contributed by atoms with Crippen LogP contribution in [0.3, 0.4) is 0 Å². The zero-order valence-corrected chi connectivity index (χ0v) is 13.3. The summed E-state index contributed by atoms with van der Waals surface area (Å²) in [6.45, 7) is 7.04. The molecule has 1 aromatic heterocycles. The normalized spacial score (nSPS) is 17.9. The molecular weight excluding hydrogens is 266 g/mol. The van der Waals surface area contributed by atoms with Crippen LogP contribution in [0, 0.1) is 0 Å². The number of carbonyl (C=O) groups is 1. The van der Waals surface area contributed by atoms with Gasteiger partial charge in [-0.3, -0.25) is 10.1 Å². The Morgan fingerprint density at radius 1 is 1.57 bits per heavy atom. The lowest BCUT2D eigenvalue weighted by Gasteiger charge is -2.30. The number of rotatable bonds is 9. The van der Waals surface area contributed by atoms with Crippen molar-refractivity contribution in [3.63, 3.8) is 0 Å². The van der Waals surface area contributed by atoms with Crippen LogP contribution in [0.1, 0.15) is 64.6 Å². The molecule has 21 heavy (non-hydrogen) atoms. The van der Waals surface area contributed by atoms with Gasteiger partial charge < -0.3 is 9.67 Å². The second-order valence-electron chi connectivity index (χ2n) is 6.40. The molecule has 0 aliphatic heterocycles. The predicted octanol–water partition coefficient (Wildman–Crippen LogP) is 2.77. The van der Waals surface area contributed by atoms with Crippen molar-refractivity contribution in [2.45, 2.75) is 76.9 Å². The molecule has 0 saturated heterocycles. The molecule has 1 fully saturated rings. The Morgan fingerprint density at radius 3 is 2.81 bits per heavy atom. The molecule has 2 rings (SSSR count). The van der Waals surface area contributed by atoms with Crippen molar-refractivity contribution in [2.75, 3.05) is 0 Å². The van der Waals surface area contributed by atoms with Crippen LogP contribution in [0.2, 0.25) is 0 Å². The summed E-state index contributed by atoms with van der Waals surface area (Å²) in [5, 5.41) is 13.0. The molecule has 2 N–H and O–H groups in total. The van der Waals surface area contributed by atoms with Gasteiger partial charge in [0.05, 0.1) is 0 Å². The minimum absolute atomic E-state index is 0.389. The maximum absolute atomic E-state index is 11.7. The first-order valence-electron chi connectivity index (χ1n) is 8.00. The average molecular weight is 293 g/mol. The molecule has 1 unspecified atom stereocenters. The highest BCUT2D eigenvalue weighted by molar-refractivity contribution is 5.78. The molecule has 0 aromatic carbocycles. The summed E-state index contributed by atoms with van der Waals surface area (Å²) in [7, 11) is 0. The zero-order valence-electron chi connectivity index (χ0n) is 13.3. The van der Waals surface area contributed by atoms with Crippen molar-refractivity contribution in [1.82, 2.24) is 14.9 Å². The summed E-state index contributed by atoms with van der Waals surface area (Å²) < 4.78 is 2.14. The fraction of sp³-hybridized carbons (Fsp3) is 0.750. The second kappa shape index (κ2) is 6.60. The van der Waals surface area contributed by atoms with E-state index in [1.807, 2.05) is 19.3 Å². The summed E-state index contributed by atoms with van der Waals surface area (Å²) in [4.78, 5) is 16.1. The Kier molecular flexibility index (Phi) is 5.04. The lowest BCUT2D eigenvalue weighted by atomic mass is 9.90. The summed E-state index contributed by atoms with van der Waals surface area (Å²) in [5.41, 5.74) is -0.764. The molecule has 1 heterocycles. The Hall–Kier alpha value is -1.36. The van der Waals surface area contributed by atoms with Crippen molar-refractivity contribution in [3.05, 3.63) is 18.2 Å². The minimum atomic E-state index is -0.764. The maximum Gasteiger partial charge on any atom is 0.323 e. The number of hydrogen-bond donors (Lipinski definition) is 2. The van der Waals surface area contributed by atoms with Gasteiger partial charge >= 0.3 is 5.97 Å². The highest BCUT2D eigenvalue weighted by atomic mass is 16.4. The molecule has 5 nitrogen and oxygen atoms in total. The monoisotopic (exact) mass is 293 g/mol. The van der Waals surface area contributed by atoms with Crippen LogP contribution in [0.15, 0.2) is 12.4 Å². The first kappa shape index (κ1) is 16.0. The van der Waals surface area contributed by atoms with Crippen molar-refractivity contribution in [1.29, 1.82) is 0 Å². The molecule has 0 radical (unpaired) electrons. The van der Waals surface area contributed by atoms with E-state index >= 15 is 0 Å². The van der Waals surface area contributed by atoms with E-state index in [0.29, 0.717) is 24.8 Å². The van der Waals surface area contributed by atoms with Crippen molar-refractivity contribution < 1.29 is 9.90 Å². The van der Waals surface area contributed by atoms with Gasteiger partial charge in [-0.05, 0) is 32.1 Å². The summed E-state index contributed by atoms with van der Waals surface area (Å²) >= 11 is 0. The summed E-state index contributed by atoms with van der Waals surface area (Å²) in [5.74, 6) is 0.745. The number of nitrogens with zero attached hydrogens (tertiary/aromatic N) is 2. The Labute approximate surface area is 126 Å².